The van der Waals surface area contributed by atoms with E-state index in [9.17, 15) is 14.9 Å². The molecule has 1 aromatic carbocycles. The fourth-order valence-electron chi connectivity index (χ4n) is 2.69. The van der Waals surface area contributed by atoms with Crippen molar-refractivity contribution in [2.45, 2.75) is 71.3 Å². The van der Waals surface area contributed by atoms with Crippen LogP contribution in [0.3, 0.4) is 0 Å². The molecule has 8 nitrogen and oxygen atoms in total. The van der Waals surface area contributed by atoms with Crippen molar-refractivity contribution in [3.63, 3.8) is 0 Å². The second-order valence-corrected chi connectivity index (χ2v) is 7.10. The molecule has 0 aliphatic rings. The van der Waals surface area contributed by atoms with Crippen molar-refractivity contribution in [1.82, 2.24) is 0 Å². The molecule has 170 valence electrons. The Balaban J connectivity index is 2.38. The van der Waals surface area contributed by atoms with Gasteiger partial charge >= 0.3 is 6.16 Å². The molecule has 0 amide bonds. The largest absolute Gasteiger partial charge is 0.513 e. The van der Waals surface area contributed by atoms with Gasteiger partial charge in [-0.3, -0.25) is 10.1 Å². The van der Waals surface area contributed by atoms with E-state index < -0.39 is 11.1 Å². The minimum absolute atomic E-state index is 0.0224. The summed E-state index contributed by atoms with van der Waals surface area (Å²) in [5.74, 6) is 0.176. The summed E-state index contributed by atoms with van der Waals surface area (Å²) >= 11 is 0. The fraction of sp³-hybridized carbons (Fsp3) is 0.682. The summed E-state index contributed by atoms with van der Waals surface area (Å²) in [6, 6.07) is 5.22. The zero-order valence-electron chi connectivity index (χ0n) is 18.2. The Morgan fingerprint density at radius 3 is 2.17 bits per heavy atom. The number of hydrogen-bond donors (Lipinski definition) is 0. The number of unbranched alkanes of at least 4 members (excludes halogenated alkanes) is 6. The van der Waals surface area contributed by atoms with Crippen LogP contribution >= 0.6 is 0 Å². The van der Waals surface area contributed by atoms with Gasteiger partial charge in [0.05, 0.1) is 11.5 Å². The van der Waals surface area contributed by atoms with Crippen LogP contribution in [0.4, 0.5) is 10.5 Å². The molecule has 0 fully saturated rings. The molecule has 0 radical (unpaired) electrons. The lowest BCUT2D eigenvalue weighted by Crippen LogP contribution is -2.28. The van der Waals surface area contributed by atoms with Crippen LogP contribution < -0.4 is 4.74 Å². The summed E-state index contributed by atoms with van der Waals surface area (Å²) in [4.78, 5) is 22.1. The molecule has 0 aliphatic heterocycles. The van der Waals surface area contributed by atoms with Crippen LogP contribution in [0, 0.1) is 10.1 Å². The summed E-state index contributed by atoms with van der Waals surface area (Å²) in [5.41, 5.74) is -0.0802. The van der Waals surface area contributed by atoms with Gasteiger partial charge < -0.3 is 18.9 Å². The first-order valence-corrected chi connectivity index (χ1v) is 10.8. The van der Waals surface area contributed by atoms with E-state index >= 15 is 0 Å². The maximum Gasteiger partial charge on any atom is 0.513 e. The molecule has 0 aliphatic carbocycles. The number of non-ortho nitro benzene ring substituents is 1. The number of hydrogen-bond acceptors (Lipinski definition) is 7. The molecular formula is C22H35NO7. The molecular weight excluding hydrogens is 390 g/mol. The van der Waals surface area contributed by atoms with Gasteiger partial charge in [0.1, 0.15) is 18.5 Å². The Morgan fingerprint density at radius 1 is 0.933 bits per heavy atom. The molecule has 1 rings (SSSR count). The SMILES string of the molecule is CCCCCCOCC(COC(=O)Oc1ccc([N+](=O)[O-])cc1)OCCCCCC. The van der Waals surface area contributed by atoms with Crippen molar-refractivity contribution < 1.29 is 28.7 Å². The van der Waals surface area contributed by atoms with E-state index in [1.165, 1.54) is 43.5 Å². The number of benzene rings is 1. The number of nitrogens with zero attached hydrogens (tertiary/aromatic N) is 1. The number of carbonyl (C=O) groups is 1. The monoisotopic (exact) mass is 425 g/mol. The Morgan fingerprint density at radius 2 is 1.57 bits per heavy atom. The average Bonchev–Trinajstić information content (AvgIpc) is 2.74. The molecule has 0 spiro atoms. The molecule has 1 unspecified atom stereocenters. The van der Waals surface area contributed by atoms with E-state index in [0.29, 0.717) is 19.8 Å². The molecule has 1 atom stereocenters. The van der Waals surface area contributed by atoms with Crippen LogP contribution in [0.5, 0.6) is 5.75 Å². The standard InChI is InChI=1S/C22H35NO7/c1-3-5-7-9-15-27-17-21(28-16-10-8-6-4-2)18-29-22(24)30-20-13-11-19(12-14-20)23(25)26/h11-14,21H,3-10,15-18H2,1-2H3. The summed E-state index contributed by atoms with van der Waals surface area (Å²) in [7, 11) is 0. The molecule has 0 aromatic heterocycles. The van der Waals surface area contributed by atoms with Crippen LogP contribution in [0.1, 0.15) is 65.2 Å². The second-order valence-electron chi connectivity index (χ2n) is 7.10. The smallest absolute Gasteiger partial charge is 0.431 e. The second kappa shape index (κ2) is 16.6. The third-order valence-electron chi connectivity index (χ3n) is 4.43. The molecule has 8 heteroatoms. The Hall–Kier alpha value is -2.19. The third-order valence-corrected chi connectivity index (χ3v) is 4.43. The van der Waals surface area contributed by atoms with E-state index in [-0.39, 0.29) is 24.1 Å². The summed E-state index contributed by atoms with van der Waals surface area (Å²) < 4.78 is 21.7. The minimum Gasteiger partial charge on any atom is -0.431 e. The van der Waals surface area contributed by atoms with E-state index in [2.05, 4.69) is 13.8 Å². The maximum atomic E-state index is 11.9. The van der Waals surface area contributed by atoms with Crippen LogP contribution in [-0.4, -0.2) is 43.6 Å². The highest BCUT2D eigenvalue weighted by molar-refractivity contribution is 5.64. The van der Waals surface area contributed by atoms with Crippen LogP contribution in [0.15, 0.2) is 24.3 Å². The Bertz CT molecular complexity index is 592. The highest BCUT2D eigenvalue weighted by Gasteiger charge is 2.15. The number of rotatable bonds is 17. The first kappa shape index (κ1) is 25.8. The zero-order valence-corrected chi connectivity index (χ0v) is 18.2. The van der Waals surface area contributed by atoms with E-state index in [1.54, 1.807) is 0 Å². The Kier molecular flexibility index (Phi) is 14.3. The first-order valence-electron chi connectivity index (χ1n) is 10.8. The molecule has 1 aromatic rings. The summed E-state index contributed by atoms with van der Waals surface area (Å²) in [6.45, 7) is 5.93. The minimum atomic E-state index is -0.883. The van der Waals surface area contributed by atoms with Crippen LogP contribution in [0.25, 0.3) is 0 Å². The van der Waals surface area contributed by atoms with Crippen molar-refractivity contribution in [3.8, 4) is 5.75 Å². The lowest BCUT2D eigenvalue weighted by Gasteiger charge is -2.18. The van der Waals surface area contributed by atoms with Gasteiger partial charge in [0.2, 0.25) is 0 Å². The van der Waals surface area contributed by atoms with Gasteiger partial charge in [-0.2, -0.15) is 0 Å². The van der Waals surface area contributed by atoms with Gasteiger partial charge in [-0.1, -0.05) is 52.4 Å². The Labute approximate surface area is 179 Å². The molecule has 0 saturated carbocycles. The van der Waals surface area contributed by atoms with Crippen molar-refractivity contribution in [1.29, 1.82) is 0 Å². The van der Waals surface area contributed by atoms with E-state index in [1.807, 2.05) is 0 Å². The van der Waals surface area contributed by atoms with Gasteiger partial charge in [-0.25, -0.2) is 4.79 Å². The molecule has 0 saturated heterocycles. The number of carbonyl (C=O) groups excluding carboxylic acids is 1. The van der Waals surface area contributed by atoms with E-state index in [0.717, 1.165) is 32.1 Å². The molecule has 0 heterocycles. The predicted molar refractivity (Wildman–Crippen MR) is 114 cm³/mol. The normalized spacial score (nSPS) is 11.8. The average molecular weight is 426 g/mol. The van der Waals surface area contributed by atoms with Gasteiger partial charge in [0, 0.05) is 25.3 Å². The topological polar surface area (TPSA) is 97.1 Å². The third kappa shape index (κ3) is 12.4. The number of ether oxygens (including phenoxy) is 4. The van der Waals surface area contributed by atoms with Crippen molar-refractivity contribution in [3.05, 3.63) is 34.4 Å². The predicted octanol–water partition coefficient (Wildman–Crippen LogP) is 5.67. The van der Waals surface area contributed by atoms with Gasteiger partial charge in [-0.15, -0.1) is 0 Å². The maximum absolute atomic E-state index is 11.9. The highest BCUT2D eigenvalue weighted by atomic mass is 16.7. The van der Waals surface area contributed by atoms with E-state index in [4.69, 9.17) is 18.9 Å². The lowest BCUT2D eigenvalue weighted by atomic mass is 10.2. The fourth-order valence-corrected chi connectivity index (χ4v) is 2.69. The van der Waals surface area contributed by atoms with Crippen LogP contribution in [-0.2, 0) is 14.2 Å². The van der Waals surface area contributed by atoms with Gasteiger partial charge in [-0.05, 0) is 25.0 Å². The van der Waals surface area contributed by atoms with Gasteiger partial charge in [0.25, 0.3) is 5.69 Å². The summed E-state index contributed by atoms with van der Waals surface area (Å²) in [5, 5.41) is 10.7. The number of nitro benzene ring substituents is 1. The zero-order chi connectivity index (χ0) is 22.0. The van der Waals surface area contributed by atoms with Gasteiger partial charge in [0.15, 0.2) is 0 Å². The molecule has 0 bridgehead atoms. The van der Waals surface area contributed by atoms with Crippen molar-refractivity contribution >= 4 is 11.8 Å². The quantitative estimate of drug-likeness (QED) is 0.104. The summed E-state index contributed by atoms with van der Waals surface area (Å²) in [6.07, 6.45) is 7.64. The first-order chi connectivity index (χ1) is 14.6. The van der Waals surface area contributed by atoms with Crippen molar-refractivity contribution in [2.75, 3.05) is 26.4 Å². The number of nitro groups is 1. The van der Waals surface area contributed by atoms with Crippen LogP contribution in [0.2, 0.25) is 0 Å². The molecule has 0 N–H and O–H groups in total. The molecule has 30 heavy (non-hydrogen) atoms. The highest BCUT2D eigenvalue weighted by Crippen LogP contribution is 2.17. The lowest BCUT2D eigenvalue weighted by molar-refractivity contribution is -0.384. The van der Waals surface area contributed by atoms with Crippen molar-refractivity contribution in [2.24, 2.45) is 0 Å².